The molecule has 2 aromatic rings. The summed E-state index contributed by atoms with van der Waals surface area (Å²) >= 11 is 1.73. The van der Waals surface area contributed by atoms with Crippen molar-refractivity contribution < 1.29 is 9.90 Å². The quantitative estimate of drug-likeness (QED) is 0.925. The van der Waals surface area contributed by atoms with Crippen LogP contribution in [0.15, 0.2) is 6.20 Å². The predicted molar refractivity (Wildman–Crippen MR) is 79.4 cm³/mol. The zero-order valence-electron chi connectivity index (χ0n) is 12.1. The second-order valence-electron chi connectivity index (χ2n) is 6.72. The standard InChI is InChI=1S/C15H20N2O2S/c1-15(2,3)9-4-5-11-12(6-9)20-14-16-8-10(17(11)14)7-13(18)19/h8-9H,4-7H2,1-3H3,(H,18,19). The van der Waals surface area contributed by atoms with E-state index in [1.54, 1.807) is 17.5 Å². The van der Waals surface area contributed by atoms with Crippen LogP contribution in [0.4, 0.5) is 0 Å². The summed E-state index contributed by atoms with van der Waals surface area (Å²) in [6.45, 7) is 6.91. The van der Waals surface area contributed by atoms with Crippen molar-refractivity contribution in [2.24, 2.45) is 11.3 Å². The first-order chi connectivity index (χ1) is 9.36. The molecule has 5 heteroatoms. The van der Waals surface area contributed by atoms with Crippen LogP contribution in [0.25, 0.3) is 4.96 Å². The van der Waals surface area contributed by atoms with Gasteiger partial charge in [0.05, 0.1) is 18.3 Å². The predicted octanol–water partition coefficient (Wildman–Crippen LogP) is 3.17. The third-order valence-electron chi connectivity index (χ3n) is 4.33. The van der Waals surface area contributed by atoms with Crippen LogP contribution in [0.1, 0.15) is 43.5 Å². The van der Waals surface area contributed by atoms with Crippen LogP contribution in [-0.2, 0) is 24.1 Å². The number of hydrogen-bond acceptors (Lipinski definition) is 3. The first kappa shape index (κ1) is 13.6. The molecule has 1 atom stereocenters. The van der Waals surface area contributed by atoms with Crippen molar-refractivity contribution in [1.82, 2.24) is 9.38 Å². The minimum atomic E-state index is -0.796. The molecule has 3 rings (SSSR count). The van der Waals surface area contributed by atoms with Gasteiger partial charge in [-0.1, -0.05) is 20.8 Å². The Labute approximate surface area is 122 Å². The van der Waals surface area contributed by atoms with E-state index < -0.39 is 5.97 Å². The molecule has 1 unspecified atom stereocenters. The normalized spacial score (nSPS) is 19.2. The molecule has 20 heavy (non-hydrogen) atoms. The van der Waals surface area contributed by atoms with Crippen molar-refractivity contribution in [2.45, 2.75) is 46.5 Å². The van der Waals surface area contributed by atoms with Gasteiger partial charge in [0, 0.05) is 10.6 Å². The van der Waals surface area contributed by atoms with Crippen LogP contribution in [0, 0.1) is 11.3 Å². The van der Waals surface area contributed by atoms with Crippen molar-refractivity contribution >= 4 is 22.3 Å². The van der Waals surface area contributed by atoms with Gasteiger partial charge >= 0.3 is 5.97 Å². The topological polar surface area (TPSA) is 54.6 Å². The van der Waals surface area contributed by atoms with Gasteiger partial charge in [-0.3, -0.25) is 9.20 Å². The van der Waals surface area contributed by atoms with E-state index in [1.165, 1.54) is 17.0 Å². The molecule has 0 saturated carbocycles. The molecule has 0 fully saturated rings. The highest BCUT2D eigenvalue weighted by molar-refractivity contribution is 7.17. The van der Waals surface area contributed by atoms with Gasteiger partial charge < -0.3 is 5.11 Å². The van der Waals surface area contributed by atoms with Crippen molar-refractivity contribution in [2.75, 3.05) is 0 Å². The number of nitrogens with zero attached hydrogens (tertiary/aromatic N) is 2. The highest BCUT2D eigenvalue weighted by atomic mass is 32.1. The molecule has 1 aliphatic carbocycles. The first-order valence-corrected chi connectivity index (χ1v) is 7.86. The Kier molecular flexibility index (Phi) is 3.12. The summed E-state index contributed by atoms with van der Waals surface area (Å²) in [5.41, 5.74) is 2.42. The number of imidazole rings is 1. The summed E-state index contributed by atoms with van der Waals surface area (Å²) in [7, 11) is 0. The van der Waals surface area contributed by atoms with E-state index >= 15 is 0 Å². The maximum absolute atomic E-state index is 10.9. The number of aliphatic carboxylic acids is 1. The summed E-state index contributed by atoms with van der Waals surface area (Å²) < 4.78 is 2.08. The third-order valence-corrected chi connectivity index (χ3v) is 5.45. The molecule has 0 aliphatic heterocycles. The molecule has 0 amide bonds. The SMILES string of the molecule is CC(C)(C)C1CCc2c(sc3ncc(CC(=O)O)n23)C1. The van der Waals surface area contributed by atoms with E-state index in [4.69, 9.17) is 5.11 Å². The van der Waals surface area contributed by atoms with Gasteiger partial charge in [-0.25, -0.2) is 4.98 Å². The number of hydrogen-bond donors (Lipinski definition) is 1. The Balaban J connectivity index is 2.00. The van der Waals surface area contributed by atoms with E-state index in [9.17, 15) is 4.79 Å². The second kappa shape index (κ2) is 4.58. The first-order valence-electron chi connectivity index (χ1n) is 7.05. The molecule has 0 radical (unpaired) electrons. The number of fused-ring (bicyclic) bond motifs is 3. The number of carbonyl (C=O) groups is 1. The summed E-state index contributed by atoms with van der Waals surface area (Å²) in [5.74, 6) is -0.101. The Hall–Kier alpha value is -1.36. The van der Waals surface area contributed by atoms with Gasteiger partial charge in [0.2, 0.25) is 0 Å². The molecule has 2 heterocycles. The maximum atomic E-state index is 10.9. The Morgan fingerprint density at radius 1 is 1.55 bits per heavy atom. The third kappa shape index (κ3) is 2.24. The summed E-state index contributed by atoms with van der Waals surface area (Å²) in [6.07, 6.45) is 5.05. The van der Waals surface area contributed by atoms with Crippen LogP contribution in [-0.4, -0.2) is 20.5 Å². The lowest BCUT2D eigenvalue weighted by Crippen LogP contribution is -2.26. The minimum absolute atomic E-state index is 0.0487. The average molecular weight is 292 g/mol. The van der Waals surface area contributed by atoms with Crippen molar-refractivity contribution in [3.05, 3.63) is 22.5 Å². The molecule has 108 valence electrons. The smallest absolute Gasteiger partial charge is 0.309 e. The molecular formula is C15H20N2O2S. The molecule has 1 N–H and O–H groups in total. The highest BCUT2D eigenvalue weighted by Gasteiger charge is 2.31. The zero-order valence-corrected chi connectivity index (χ0v) is 13.0. The molecular weight excluding hydrogens is 272 g/mol. The van der Waals surface area contributed by atoms with E-state index in [-0.39, 0.29) is 6.42 Å². The van der Waals surface area contributed by atoms with E-state index in [0.717, 1.165) is 23.5 Å². The van der Waals surface area contributed by atoms with E-state index in [1.807, 2.05) is 0 Å². The summed E-state index contributed by atoms with van der Waals surface area (Å²) in [5, 5.41) is 9.00. The lowest BCUT2D eigenvalue weighted by molar-refractivity contribution is -0.136. The second-order valence-corrected chi connectivity index (χ2v) is 7.78. The number of carboxylic acid groups (broad SMARTS) is 1. The summed E-state index contributed by atoms with van der Waals surface area (Å²) in [6, 6.07) is 0. The van der Waals surface area contributed by atoms with Gasteiger partial charge in [-0.2, -0.15) is 0 Å². The summed E-state index contributed by atoms with van der Waals surface area (Å²) in [4.78, 5) is 17.7. The Morgan fingerprint density at radius 2 is 2.30 bits per heavy atom. The largest absolute Gasteiger partial charge is 0.481 e. The van der Waals surface area contributed by atoms with Gasteiger partial charge in [-0.15, -0.1) is 11.3 Å². The fraction of sp³-hybridized carbons (Fsp3) is 0.600. The lowest BCUT2D eigenvalue weighted by atomic mass is 9.73. The van der Waals surface area contributed by atoms with Crippen molar-refractivity contribution in [3.8, 4) is 0 Å². The maximum Gasteiger partial charge on any atom is 0.309 e. The number of thiazole rings is 1. The molecule has 2 aromatic heterocycles. The fourth-order valence-electron chi connectivity index (χ4n) is 3.09. The average Bonchev–Trinajstić information content (AvgIpc) is 2.86. The Morgan fingerprint density at radius 3 is 2.95 bits per heavy atom. The fourth-order valence-corrected chi connectivity index (χ4v) is 4.33. The number of carboxylic acids is 1. The van der Waals surface area contributed by atoms with Crippen LogP contribution in [0.5, 0.6) is 0 Å². The minimum Gasteiger partial charge on any atom is -0.481 e. The molecule has 1 aliphatic rings. The van der Waals surface area contributed by atoms with Crippen LogP contribution in [0.2, 0.25) is 0 Å². The van der Waals surface area contributed by atoms with E-state index in [2.05, 4.69) is 30.2 Å². The van der Waals surface area contributed by atoms with Gasteiger partial charge in [0.15, 0.2) is 4.96 Å². The molecule has 0 spiro atoms. The number of aromatic nitrogens is 2. The molecule has 0 saturated heterocycles. The Bertz CT molecular complexity index is 663. The van der Waals surface area contributed by atoms with Gasteiger partial charge in [-0.05, 0) is 30.6 Å². The van der Waals surface area contributed by atoms with Gasteiger partial charge in [0.25, 0.3) is 0 Å². The molecule has 4 nitrogen and oxygen atoms in total. The lowest BCUT2D eigenvalue weighted by Gasteiger charge is -2.33. The zero-order chi connectivity index (χ0) is 14.5. The van der Waals surface area contributed by atoms with Crippen molar-refractivity contribution in [1.29, 1.82) is 0 Å². The molecule has 0 bridgehead atoms. The van der Waals surface area contributed by atoms with Crippen LogP contribution < -0.4 is 0 Å². The van der Waals surface area contributed by atoms with Gasteiger partial charge in [0.1, 0.15) is 0 Å². The van der Waals surface area contributed by atoms with Crippen molar-refractivity contribution in [3.63, 3.8) is 0 Å². The van der Waals surface area contributed by atoms with Crippen LogP contribution >= 0.6 is 11.3 Å². The van der Waals surface area contributed by atoms with Crippen LogP contribution in [0.3, 0.4) is 0 Å². The highest BCUT2D eigenvalue weighted by Crippen LogP contribution is 2.40. The van der Waals surface area contributed by atoms with E-state index in [0.29, 0.717) is 11.3 Å². The molecule has 0 aromatic carbocycles. The monoisotopic (exact) mass is 292 g/mol. The number of aryl methyl sites for hydroxylation is 1. The number of rotatable bonds is 2.